The van der Waals surface area contributed by atoms with Crippen molar-refractivity contribution >= 4 is 45.1 Å². The number of nitrogens with zero attached hydrogens (tertiary/aromatic N) is 2. The van der Waals surface area contributed by atoms with Gasteiger partial charge in [0.25, 0.3) is 5.91 Å². The van der Waals surface area contributed by atoms with Gasteiger partial charge in [-0.2, -0.15) is 12.7 Å². The fourth-order valence-corrected chi connectivity index (χ4v) is 5.68. The molecule has 10 nitrogen and oxygen atoms in total. The van der Waals surface area contributed by atoms with Gasteiger partial charge in [-0.1, -0.05) is 44.5 Å². The standard InChI is InChI=1S/C25H31ClN6O4S/c1-24(2,3)20-14-21(28-23(34)27-18-10-8-17(26)9-11-18)32(29-20)19-12-6-16(7-13-19)15-31-25(4,5)22(33)30-37(31,35)36/h6-14,20,29H,15H2,1-5H3,(H,30,33)(H2,27,28,34). The first-order valence-electron chi connectivity index (χ1n) is 11.7. The minimum atomic E-state index is -3.90. The smallest absolute Gasteiger partial charge is 0.308 e. The summed E-state index contributed by atoms with van der Waals surface area (Å²) in [7, 11) is -3.90. The largest absolute Gasteiger partial charge is 0.324 e. The normalized spacial score (nSPS) is 20.9. The zero-order chi connectivity index (χ0) is 27.2. The third kappa shape index (κ3) is 5.74. The average Bonchev–Trinajstić information content (AvgIpc) is 3.28. The van der Waals surface area contributed by atoms with E-state index in [9.17, 15) is 18.0 Å². The van der Waals surface area contributed by atoms with Gasteiger partial charge in [-0.05, 0) is 67.3 Å². The molecule has 37 heavy (non-hydrogen) atoms. The molecule has 1 atom stereocenters. The van der Waals surface area contributed by atoms with Crippen molar-refractivity contribution in [2.24, 2.45) is 5.41 Å². The molecule has 1 fully saturated rings. The van der Waals surface area contributed by atoms with Crippen molar-refractivity contribution in [3.05, 3.63) is 71.0 Å². The molecule has 2 aliphatic rings. The van der Waals surface area contributed by atoms with Crippen molar-refractivity contribution in [2.75, 3.05) is 10.3 Å². The Bertz CT molecular complexity index is 1330. The van der Waals surface area contributed by atoms with Crippen LogP contribution in [0.1, 0.15) is 40.2 Å². The molecule has 0 aliphatic carbocycles. The Morgan fingerprint density at radius 2 is 1.68 bits per heavy atom. The summed E-state index contributed by atoms with van der Waals surface area (Å²) in [5.41, 5.74) is 4.15. The Morgan fingerprint density at radius 3 is 2.22 bits per heavy atom. The molecule has 0 radical (unpaired) electrons. The van der Waals surface area contributed by atoms with Crippen molar-refractivity contribution in [3.63, 3.8) is 0 Å². The number of halogens is 1. The third-order valence-electron chi connectivity index (χ3n) is 6.32. The molecule has 2 heterocycles. The molecular weight excluding hydrogens is 516 g/mol. The lowest BCUT2D eigenvalue weighted by atomic mass is 9.87. The van der Waals surface area contributed by atoms with E-state index in [4.69, 9.17) is 11.6 Å². The van der Waals surface area contributed by atoms with Crippen molar-refractivity contribution in [2.45, 2.75) is 52.7 Å². The van der Waals surface area contributed by atoms with E-state index in [1.54, 1.807) is 55.3 Å². The molecule has 12 heteroatoms. The third-order valence-corrected chi connectivity index (χ3v) is 8.18. The zero-order valence-corrected chi connectivity index (χ0v) is 22.9. The molecule has 1 unspecified atom stereocenters. The number of carbonyl (C=O) groups is 2. The Morgan fingerprint density at radius 1 is 1.05 bits per heavy atom. The van der Waals surface area contributed by atoms with Gasteiger partial charge in [0.2, 0.25) is 0 Å². The average molecular weight is 547 g/mol. The highest BCUT2D eigenvalue weighted by Gasteiger charge is 2.50. The summed E-state index contributed by atoms with van der Waals surface area (Å²) in [5, 5.41) is 8.05. The van der Waals surface area contributed by atoms with E-state index in [1.165, 1.54) is 0 Å². The van der Waals surface area contributed by atoms with Crippen LogP contribution in [0.3, 0.4) is 0 Å². The molecule has 4 N–H and O–H groups in total. The maximum absolute atomic E-state index is 12.7. The second kappa shape index (κ2) is 9.64. The number of amides is 3. The minimum absolute atomic E-state index is 0.0385. The summed E-state index contributed by atoms with van der Waals surface area (Å²) in [6.45, 7) is 9.45. The van der Waals surface area contributed by atoms with Gasteiger partial charge < -0.3 is 5.32 Å². The highest BCUT2D eigenvalue weighted by molar-refractivity contribution is 7.88. The second-order valence-corrected chi connectivity index (χ2v) is 12.6. The van der Waals surface area contributed by atoms with E-state index >= 15 is 0 Å². The monoisotopic (exact) mass is 546 g/mol. The van der Waals surface area contributed by atoms with Crippen LogP contribution < -0.4 is 25.8 Å². The van der Waals surface area contributed by atoms with Crippen LogP contribution in [-0.4, -0.2) is 36.2 Å². The van der Waals surface area contributed by atoms with E-state index < -0.39 is 27.7 Å². The Kier molecular flexibility index (Phi) is 7.02. The van der Waals surface area contributed by atoms with Gasteiger partial charge in [0.15, 0.2) is 0 Å². The lowest BCUT2D eigenvalue weighted by Gasteiger charge is -2.30. The number of hydrogen-bond donors (Lipinski definition) is 4. The van der Waals surface area contributed by atoms with Crippen LogP contribution in [0.25, 0.3) is 0 Å². The summed E-state index contributed by atoms with van der Waals surface area (Å²) in [4.78, 5) is 24.8. The fraction of sp³-hybridized carbons (Fsp3) is 0.360. The Hall–Kier alpha value is -3.12. The number of anilines is 2. The van der Waals surface area contributed by atoms with E-state index in [1.807, 2.05) is 18.2 Å². The number of rotatable bonds is 5. The molecule has 0 aromatic heterocycles. The molecule has 2 aromatic rings. The number of benzene rings is 2. The second-order valence-electron chi connectivity index (χ2n) is 10.6. The number of hydrazine groups is 1. The van der Waals surface area contributed by atoms with Crippen LogP contribution >= 0.6 is 11.6 Å². The lowest BCUT2D eigenvalue weighted by molar-refractivity contribution is -0.125. The number of carbonyl (C=O) groups excluding carboxylic acids is 2. The summed E-state index contributed by atoms with van der Waals surface area (Å²) < 4.78 is 28.0. The maximum atomic E-state index is 12.7. The Balaban J connectivity index is 1.52. The van der Waals surface area contributed by atoms with Gasteiger partial charge in [0, 0.05) is 17.3 Å². The first-order chi connectivity index (χ1) is 17.2. The van der Waals surface area contributed by atoms with Gasteiger partial charge in [-0.3, -0.25) is 15.1 Å². The minimum Gasteiger partial charge on any atom is -0.308 e. The number of nitrogens with one attached hydrogen (secondary N) is 4. The van der Waals surface area contributed by atoms with Gasteiger partial charge in [-0.25, -0.2) is 14.9 Å². The van der Waals surface area contributed by atoms with E-state index in [0.717, 1.165) is 9.99 Å². The van der Waals surface area contributed by atoms with Crippen LogP contribution in [0.5, 0.6) is 0 Å². The molecule has 3 amide bonds. The summed E-state index contributed by atoms with van der Waals surface area (Å²) in [6.07, 6.45) is 1.95. The van der Waals surface area contributed by atoms with Gasteiger partial charge in [0.1, 0.15) is 11.4 Å². The first-order valence-corrected chi connectivity index (χ1v) is 13.5. The number of hydrogen-bond acceptors (Lipinski definition) is 6. The zero-order valence-electron chi connectivity index (χ0n) is 21.3. The van der Waals surface area contributed by atoms with Gasteiger partial charge in [0.05, 0.1) is 11.7 Å². The lowest BCUT2D eigenvalue weighted by Crippen LogP contribution is -2.46. The van der Waals surface area contributed by atoms with Crippen LogP contribution in [0.15, 0.2) is 60.4 Å². The van der Waals surface area contributed by atoms with Crippen molar-refractivity contribution in [1.82, 2.24) is 19.8 Å². The molecule has 0 saturated carbocycles. The summed E-state index contributed by atoms with van der Waals surface area (Å²) >= 11 is 5.92. The fourth-order valence-electron chi connectivity index (χ4n) is 3.95. The topological polar surface area (TPSA) is 123 Å². The molecule has 0 spiro atoms. The summed E-state index contributed by atoms with van der Waals surface area (Å²) in [5.74, 6) is -0.00599. The Labute approximate surface area is 222 Å². The molecule has 4 rings (SSSR count). The molecule has 2 aromatic carbocycles. The van der Waals surface area contributed by atoms with Crippen LogP contribution in [-0.2, 0) is 21.5 Å². The van der Waals surface area contributed by atoms with E-state index in [-0.39, 0.29) is 18.0 Å². The summed E-state index contributed by atoms with van der Waals surface area (Å²) in [6, 6.07) is 13.6. The number of urea groups is 1. The molecular formula is C25H31ClN6O4S. The maximum Gasteiger partial charge on any atom is 0.324 e. The molecule has 0 bridgehead atoms. The predicted octanol–water partition coefficient (Wildman–Crippen LogP) is 3.70. The van der Waals surface area contributed by atoms with Crippen LogP contribution in [0.4, 0.5) is 16.2 Å². The molecule has 198 valence electrons. The van der Waals surface area contributed by atoms with Crippen molar-refractivity contribution in [1.29, 1.82) is 0 Å². The highest BCUT2D eigenvalue weighted by atomic mass is 35.5. The first kappa shape index (κ1) is 26.9. The van der Waals surface area contributed by atoms with Gasteiger partial charge >= 0.3 is 16.2 Å². The van der Waals surface area contributed by atoms with E-state index in [2.05, 4.69) is 41.6 Å². The quantitative estimate of drug-likeness (QED) is 0.453. The van der Waals surface area contributed by atoms with Crippen molar-refractivity contribution in [3.8, 4) is 0 Å². The van der Waals surface area contributed by atoms with Gasteiger partial charge in [-0.15, -0.1) is 0 Å². The van der Waals surface area contributed by atoms with Crippen LogP contribution in [0.2, 0.25) is 5.02 Å². The SMILES string of the molecule is CC(C)(C)C1C=C(NC(=O)Nc2ccc(Cl)cc2)N(c2ccc(CN3C(C)(C)C(=O)NS3(=O)=O)cc2)N1. The van der Waals surface area contributed by atoms with E-state index in [0.29, 0.717) is 22.1 Å². The molecule has 1 saturated heterocycles. The van der Waals surface area contributed by atoms with Crippen molar-refractivity contribution < 1.29 is 18.0 Å². The van der Waals surface area contributed by atoms with Crippen LogP contribution in [0, 0.1) is 5.41 Å². The predicted molar refractivity (Wildman–Crippen MR) is 144 cm³/mol. The highest BCUT2D eigenvalue weighted by Crippen LogP contribution is 2.31. The molecule has 2 aliphatic heterocycles.